The molecular formula is C17H19N7OS. The summed E-state index contributed by atoms with van der Waals surface area (Å²) in [5, 5.41) is 12.4. The van der Waals surface area contributed by atoms with Crippen molar-refractivity contribution >= 4 is 29.1 Å². The summed E-state index contributed by atoms with van der Waals surface area (Å²) in [5.41, 5.74) is 0.730. The SMILES string of the molecule is O=C(CSc1ccncc1)N1CCCN(c2ccc3nncn3n2)CC1. The fraction of sp³-hybridized carbons (Fsp3) is 0.353. The molecule has 0 saturated carbocycles. The maximum Gasteiger partial charge on any atom is 0.232 e. The van der Waals surface area contributed by atoms with Crippen LogP contribution in [0.2, 0.25) is 0 Å². The standard InChI is InChI=1S/C17H19N7OS/c25-17(12-26-14-4-6-18-7-5-14)23-9-1-8-22(10-11-23)16-3-2-15-20-19-13-24(15)21-16/h2-7,13H,1,8-12H2. The van der Waals surface area contributed by atoms with Gasteiger partial charge < -0.3 is 9.80 Å². The van der Waals surface area contributed by atoms with Gasteiger partial charge in [-0.15, -0.1) is 27.1 Å². The lowest BCUT2D eigenvalue weighted by molar-refractivity contribution is -0.128. The van der Waals surface area contributed by atoms with Crippen molar-refractivity contribution < 1.29 is 4.79 Å². The Kier molecular flexibility index (Phi) is 4.96. The van der Waals surface area contributed by atoms with Gasteiger partial charge in [-0.1, -0.05) is 0 Å². The smallest absolute Gasteiger partial charge is 0.232 e. The number of carbonyl (C=O) groups excluding carboxylic acids is 1. The molecular weight excluding hydrogens is 350 g/mol. The predicted octanol–water partition coefficient (Wildman–Crippen LogP) is 1.35. The summed E-state index contributed by atoms with van der Waals surface area (Å²) in [6.45, 7) is 3.13. The number of fused-ring (bicyclic) bond motifs is 1. The molecule has 1 fully saturated rings. The molecule has 4 heterocycles. The van der Waals surface area contributed by atoms with E-state index in [9.17, 15) is 4.79 Å². The first kappa shape index (κ1) is 16.8. The summed E-state index contributed by atoms with van der Waals surface area (Å²) >= 11 is 1.55. The minimum atomic E-state index is 0.177. The topological polar surface area (TPSA) is 79.5 Å². The molecule has 0 aromatic carbocycles. The Bertz CT molecular complexity index is 885. The van der Waals surface area contributed by atoms with Gasteiger partial charge in [-0.05, 0) is 30.7 Å². The number of amides is 1. The van der Waals surface area contributed by atoms with E-state index in [1.54, 1.807) is 35.0 Å². The molecule has 134 valence electrons. The monoisotopic (exact) mass is 369 g/mol. The van der Waals surface area contributed by atoms with Crippen LogP contribution in [0.15, 0.2) is 47.9 Å². The molecule has 3 aromatic rings. The largest absolute Gasteiger partial charge is 0.353 e. The number of hydrogen-bond acceptors (Lipinski definition) is 7. The first-order chi connectivity index (χ1) is 12.8. The summed E-state index contributed by atoms with van der Waals surface area (Å²) in [6, 6.07) is 7.72. The van der Waals surface area contributed by atoms with E-state index in [-0.39, 0.29) is 5.91 Å². The third kappa shape index (κ3) is 3.77. The van der Waals surface area contributed by atoms with Crippen LogP contribution in [0, 0.1) is 0 Å². The highest BCUT2D eigenvalue weighted by molar-refractivity contribution is 8.00. The average molecular weight is 369 g/mol. The second kappa shape index (κ2) is 7.69. The van der Waals surface area contributed by atoms with Crippen LogP contribution in [-0.2, 0) is 4.79 Å². The quantitative estimate of drug-likeness (QED) is 0.642. The van der Waals surface area contributed by atoms with Crippen molar-refractivity contribution in [1.82, 2.24) is 29.7 Å². The Labute approximate surface area is 155 Å². The molecule has 1 amide bonds. The molecule has 0 radical (unpaired) electrons. The third-order valence-electron chi connectivity index (χ3n) is 4.33. The van der Waals surface area contributed by atoms with Crippen LogP contribution in [0.5, 0.6) is 0 Å². The Balaban J connectivity index is 1.35. The maximum absolute atomic E-state index is 12.5. The molecule has 1 aliphatic heterocycles. The summed E-state index contributed by atoms with van der Waals surface area (Å²) in [6.07, 6.45) is 6.02. The second-order valence-corrected chi connectivity index (χ2v) is 7.07. The zero-order chi connectivity index (χ0) is 17.8. The van der Waals surface area contributed by atoms with Gasteiger partial charge in [0.15, 0.2) is 5.65 Å². The number of aromatic nitrogens is 5. The molecule has 0 bridgehead atoms. The van der Waals surface area contributed by atoms with E-state index in [0.717, 1.165) is 42.4 Å². The molecule has 3 aromatic heterocycles. The number of rotatable bonds is 4. The molecule has 8 nitrogen and oxygen atoms in total. The normalized spacial score (nSPS) is 15.2. The summed E-state index contributed by atoms with van der Waals surface area (Å²) < 4.78 is 1.68. The first-order valence-corrected chi connectivity index (χ1v) is 9.51. The number of pyridine rings is 1. The van der Waals surface area contributed by atoms with Gasteiger partial charge in [-0.2, -0.15) is 4.52 Å². The number of hydrogen-bond donors (Lipinski definition) is 0. The van der Waals surface area contributed by atoms with Crippen LogP contribution in [0.4, 0.5) is 5.82 Å². The minimum absolute atomic E-state index is 0.177. The van der Waals surface area contributed by atoms with Gasteiger partial charge in [0.25, 0.3) is 0 Å². The molecule has 0 unspecified atom stereocenters. The van der Waals surface area contributed by atoms with Gasteiger partial charge in [-0.25, -0.2) is 0 Å². The van der Waals surface area contributed by atoms with E-state index in [1.807, 2.05) is 29.2 Å². The molecule has 26 heavy (non-hydrogen) atoms. The van der Waals surface area contributed by atoms with Crippen LogP contribution in [0.25, 0.3) is 5.65 Å². The highest BCUT2D eigenvalue weighted by Gasteiger charge is 2.20. The minimum Gasteiger partial charge on any atom is -0.353 e. The molecule has 0 N–H and O–H groups in total. The zero-order valence-corrected chi connectivity index (χ0v) is 15.0. The number of anilines is 1. The van der Waals surface area contributed by atoms with Gasteiger partial charge in [0.1, 0.15) is 12.1 Å². The van der Waals surface area contributed by atoms with Crippen LogP contribution in [0.3, 0.4) is 0 Å². The Morgan fingerprint density at radius 3 is 2.85 bits per heavy atom. The lowest BCUT2D eigenvalue weighted by atomic mass is 10.3. The van der Waals surface area contributed by atoms with Gasteiger partial charge in [-0.3, -0.25) is 9.78 Å². The molecule has 0 spiro atoms. The van der Waals surface area contributed by atoms with Gasteiger partial charge in [0, 0.05) is 43.5 Å². The molecule has 0 aliphatic carbocycles. The summed E-state index contributed by atoms with van der Waals surface area (Å²) in [4.78, 5) is 21.8. The summed E-state index contributed by atoms with van der Waals surface area (Å²) in [5.74, 6) is 1.52. The van der Waals surface area contributed by atoms with Crippen molar-refractivity contribution in [2.24, 2.45) is 0 Å². The highest BCUT2D eigenvalue weighted by Crippen LogP contribution is 2.18. The highest BCUT2D eigenvalue weighted by atomic mass is 32.2. The van der Waals surface area contributed by atoms with Crippen LogP contribution in [0.1, 0.15) is 6.42 Å². The molecule has 1 aliphatic rings. The van der Waals surface area contributed by atoms with Crippen LogP contribution < -0.4 is 4.90 Å². The van der Waals surface area contributed by atoms with Crippen molar-refractivity contribution in [3.63, 3.8) is 0 Å². The maximum atomic E-state index is 12.5. The Morgan fingerprint density at radius 1 is 1.08 bits per heavy atom. The fourth-order valence-corrected chi connectivity index (χ4v) is 3.74. The average Bonchev–Trinajstić information content (AvgIpc) is 3.01. The predicted molar refractivity (Wildman–Crippen MR) is 99.2 cm³/mol. The van der Waals surface area contributed by atoms with Crippen molar-refractivity contribution in [1.29, 1.82) is 0 Å². The molecule has 4 rings (SSSR count). The van der Waals surface area contributed by atoms with Crippen molar-refractivity contribution in [3.05, 3.63) is 43.0 Å². The van der Waals surface area contributed by atoms with E-state index in [2.05, 4.69) is 25.2 Å². The number of thioether (sulfide) groups is 1. The first-order valence-electron chi connectivity index (χ1n) is 8.52. The third-order valence-corrected chi connectivity index (χ3v) is 5.33. The van der Waals surface area contributed by atoms with E-state index in [1.165, 1.54) is 0 Å². The number of carbonyl (C=O) groups is 1. The molecule has 9 heteroatoms. The lowest BCUT2D eigenvalue weighted by Crippen LogP contribution is -2.36. The van der Waals surface area contributed by atoms with Gasteiger partial charge in [0.2, 0.25) is 5.91 Å². The molecule has 1 saturated heterocycles. The Morgan fingerprint density at radius 2 is 1.96 bits per heavy atom. The van der Waals surface area contributed by atoms with Gasteiger partial charge >= 0.3 is 0 Å². The van der Waals surface area contributed by atoms with Gasteiger partial charge in [0.05, 0.1) is 5.75 Å². The van der Waals surface area contributed by atoms with Crippen molar-refractivity contribution in [2.45, 2.75) is 11.3 Å². The van der Waals surface area contributed by atoms with E-state index in [4.69, 9.17) is 0 Å². The van der Waals surface area contributed by atoms with E-state index in [0.29, 0.717) is 12.3 Å². The number of nitrogens with zero attached hydrogens (tertiary/aromatic N) is 7. The lowest BCUT2D eigenvalue weighted by Gasteiger charge is -2.22. The van der Waals surface area contributed by atoms with E-state index >= 15 is 0 Å². The Hall–Kier alpha value is -2.68. The van der Waals surface area contributed by atoms with Crippen LogP contribution in [-0.4, -0.2) is 67.5 Å². The zero-order valence-electron chi connectivity index (χ0n) is 14.2. The van der Waals surface area contributed by atoms with Crippen molar-refractivity contribution in [2.75, 3.05) is 36.8 Å². The van der Waals surface area contributed by atoms with E-state index < -0.39 is 0 Å². The van der Waals surface area contributed by atoms with Crippen LogP contribution >= 0.6 is 11.8 Å². The van der Waals surface area contributed by atoms with Crippen molar-refractivity contribution in [3.8, 4) is 0 Å². The summed E-state index contributed by atoms with van der Waals surface area (Å²) in [7, 11) is 0. The molecule has 0 atom stereocenters. The fourth-order valence-electron chi connectivity index (χ4n) is 2.95. The second-order valence-electron chi connectivity index (χ2n) is 6.02.